The van der Waals surface area contributed by atoms with Crippen molar-refractivity contribution >= 4 is 15.9 Å². The summed E-state index contributed by atoms with van der Waals surface area (Å²) in [7, 11) is -3.56. The molecule has 2 N–H and O–H groups in total. The second kappa shape index (κ2) is 7.82. The number of hydrogen-bond acceptors (Lipinski definition) is 5. The Morgan fingerprint density at radius 2 is 1.88 bits per heavy atom. The van der Waals surface area contributed by atoms with Crippen LogP contribution >= 0.6 is 0 Å². The van der Waals surface area contributed by atoms with Crippen molar-refractivity contribution < 1.29 is 23.1 Å². The highest BCUT2D eigenvalue weighted by molar-refractivity contribution is 7.89. The molecule has 1 amide bonds. The molecule has 25 heavy (non-hydrogen) atoms. The molecule has 0 unspecified atom stereocenters. The number of piperidine rings is 1. The van der Waals surface area contributed by atoms with Crippen LogP contribution in [0.3, 0.4) is 0 Å². The first-order chi connectivity index (χ1) is 12.0. The summed E-state index contributed by atoms with van der Waals surface area (Å²) in [5.74, 6) is -0.0414. The third-order valence-electron chi connectivity index (χ3n) is 4.85. The van der Waals surface area contributed by atoms with Crippen LogP contribution in [0.15, 0.2) is 29.2 Å². The monoisotopic (exact) mass is 368 g/mol. The highest BCUT2D eigenvalue weighted by Gasteiger charge is 2.29. The minimum Gasteiger partial charge on any atom is -0.396 e. The van der Waals surface area contributed by atoms with Crippen LogP contribution in [-0.2, 0) is 14.8 Å². The number of rotatable bonds is 5. The van der Waals surface area contributed by atoms with Gasteiger partial charge in [-0.1, -0.05) is 0 Å². The van der Waals surface area contributed by atoms with E-state index >= 15 is 0 Å². The number of carbonyl (C=O) groups excluding carboxylic acids is 1. The molecule has 2 heterocycles. The topological polar surface area (TPSA) is 95.9 Å². The second-order valence-corrected chi connectivity index (χ2v) is 8.53. The van der Waals surface area contributed by atoms with Gasteiger partial charge in [0.1, 0.15) is 0 Å². The van der Waals surface area contributed by atoms with Crippen molar-refractivity contribution in [1.29, 1.82) is 0 Å². The van der Waals surface area contributed by atoms with E-state index in [1.807, 2.05) is 0 Å². The molecule has 2 saturated heterocycles. The molecule has 0 spiro atoms. The van der Waals surface area contributed by atoms with Gasteiger partial charge in [0.2, 0.25) is 10.0 Å². The third kappa shape index (κ3) is 4.20. The molecule has 2 fully saturated rings. The average molecular weight is 368 g/mol. The molecule has 8 heteroatoms. The average Bonchev–Trinajstić information content (AvgIpc) is 3.15. The molecule has 1 aromatic rings. The summed E-state index contributed by atoms with van der Waals surface area (Å²) in [5.41, 5.74) is 0.435. The Morgan fingerprint density at radius 3 is 2.44 bits per heavy atom. The highest BCUT2D eigenvalue weighted by atomic mass is 32.2. The van der Waals surface area contributed by atoms with E-state index in [1.165, 1.54) is 16.4 Å². The van der Waals surface area contributed by atoms with E-state index in [-0.39, 0.29) is 29.4 Å². The number of amides is 1. The van der Waals surface area contributed by atoms with Crippen LogP contribution in [-0.4, -0.2) is 62.7 Å². The number of aliphatic hydroxyl groups excluding tert-OH is 1. The maximum absolute atomic E-state index is 12.7. The van der Waals surface area contributed by atoms with E-state index in [2.05, 4.69) is 5.32 Å². The third-order valence-corrected chi connectivity index (χ3v) is 6.76. The van der Waals surface area contributed by atoms with Gasteiger partial charge in [-0.15, -0.1) is 0 Å². The van der Waals surface area contributed by atoms with Crippen LogP contribution in [0.25, 0.3) is 0 Å². The molecule has 1 aromatic carbocycles. The lowest BCUT2D eigenvalue weighted by Crippen LogP contribution is -2.39. The Kier molecular flexibility index (Phi) is 5.73. The molecule has 138 valence electrons. The van der Waals surface area contributed by atoms with E-state index in [0.717, 1.165) is 6.42 Å². The smallest absolute Gasteiger partial charge is 0.251 e. The molecule has 2 aliphatic rings. The van der Waals surface area contributed by atoms with E-state index in [4.69, 9.17) is 9.84 Å². The molecular weight excluding hydrogens is 344 g/mol. The van der Waals surface area contributed by atoms with Gasteiger partial charge in [0.05, 0.1) is 17.5 Å². The number of hydrogen-bond donors (Lipinski definition) is 2. The first kappa shape index (κ1) is 18.3. The zero-order chi connectivity index (χ0) is 17.9. The fourth-order valence-corrected chi connectivity index (χ4v) is 4.65. The Balaban J connectivity index is 1.65. The van der Waals surface area contributed by atoms with Gasteiger partial charge in [-0.25, -0.2) is 8.42 Å². The largest absolute Gasteiger partial charge is 0.396 e. The SMILES string of the molecule is O=C(N[C@@H]1CCOC1)c1ccc(S(=O)(=O)N2CCC(CO)CC2)cc1. The summed E-state index contributed by atoms with van der Waals surface area (Å²) >= 11 is 0. The van der Waals surface area contributed by atoms with Gasteiger partial charge in [0, 0.05) is 31.9 Å². The fraction of sp³-hybridized carbons (Fsp3) is 0.588. The van der Waals surface area contributed by atoms with E-state index in [9.17, 15) is 13.2 Å². The first-order valence-electron chi connectivity index (χ1n) is 8.60. The quantitative estimate of drug-likeness (QED) is 0.793. The number of benzene rings is 1. The lowest BCUT2D eigenvalue weighted by Gasteiger charge is -2.30. The van der Waals surface area contributed by atoms with Crippen molar-refractivity contribution in [2.45, 2.75) is 30.2 Å². The maximum atomic E-state index is 12.7. The lowest BCUT2D eigenvalue weighted by molar-refractivity contribution is 0.0930. The summed E-state index contributed by atoms with van der Waals surface area (Å²) in [5, 5.41) is 12.0. The van der Waals surface area contributed by atoms with Crippen LogP contribution in [0.4, 0.5) is 0 Å². The van der Waals surface area contributed by atoms with E-state index < -0.39 is 10.0 Å². The van der Waals surface area contributed by atoms with Gasteiger partial charge in [0.25, 0.3) is 5.91 Å². The first-order valence-corrected chi connectivity index (χ1v) is 10.0. The molecule has 0 radical (unpaired) electrons. The summed E-state index contributed by atoms with van der Waals surface area (Å²) in [6.45, 7) is 2.09. The minimum absolute atomic E-state index is 0.0173. The van der Waals surface area contributed by atoms with Gasteiger partial charge < -0.3 is 15.2 Å². The van der Waals surface area contributed by atoms with Crippen molar-refractivity contribution in [3.63, 3.8) is 0 Å². The van der Waals surface area contributed by atoms with Gasteiger partial charge >= 0.3 is 0 Å². The summed E-state index contributed by atoms with van der Waals surface area (Å²) in [4.78, 5) is 12.4. The predicted molar refractivity (Wildman–Crippen MR) is 91.7 cm³/mol. The van der Waals surface area contributed by atoms with Crippen molar-refractivity contribution in [3.05, 3.63) is 29.8 Å². The maximum Gasteiger partial charge on any atom is 0.251 e. The molecule has 0 bridgehead atoms. The van der Waals surface area contributed by atoms with Gasteiger partial charge in [-0.3, -0.25) is 4.79 Å². The lowest BCUT2D eigenvalue weighted by atomic mass is 10.00. The highest BCUT2D eigenvalue weighted by Crippen LogP contribution is 2.23. The van der Waals surface area contributed by atoms with Crippen molar-refractivity contribution in [3.8, 4) is 0 Å². The van der Waals surface area contributed by atoms with Crippen LogP contribution in [0, 0.1) is 5.92 Å². The summed E-state index contributed by atoms with van der Waals surface area (Å²) in [6.07, 6.45) is 2.13. The Hall–Kier alpha value is -1.48. The van der Waals surface area contributed by atoms with Crippen LogP contribution < -0.4 is 5.32 Å². The van der Waals surface area contributed by atoms with Gasteiger partial charge in [-0.05, 0) is 49.4 Å². The second-order valence-electron chi connectivity index (χ2n) is 6.59. The van der Waals surface area contributed by atoms with Crippen LogP contribution in [0.1, 0.15) is 29.6 Å². The predicted octanol–water partition coefficient (Wildman–Crippen LogP) is 0.598. The number of carbonyl (C=O) groups is 1. The van der Waals surface area contributed by atoms with Crippen molar-refractivity contribution in [2.75, 3.05) is 32.9 Å². The summed E-state index contributed by atoms with van der Waals surface area (Å²) < 4.78 is 32.1. The molecule has 0 aromatic heterocycles. The Bertz CT molecular complexity index is 690. The molecule has 3 rings (SSSR count). The zero-order valence-electron chi connectivity index (χ0n) is 14.1. The standard InChI is InChI=1S/C17H24N2O5S/c20-11-13-5-8-19(9-6-13)25(22,23)16-3-1-14(2-4-16)17(21)18-15-7-10-24-12-15/h1-4,13,15,20H,5-12H2,(H,18,21)/t15-/m1/s1. The Morgan fingerprint density at radius 1 is 1.20 bits per heavy atom. The zero-order valence-corrected chi connectivity index (χ0v) is 14.9. The molecule has 1 atom stereocenters. The molecule has 2 aliphatic heterocycles. The number of nitrogens with zero attached hydrogens (tertiary/aromatic N) is 1. The molecule has 0 saturated carbocycles. The van der Waals surface area contributed by atoms with Gasteiger partial charge in [-0.2, -0.15) is 4.31 Å². The van der Waals surface area contributed by atoms with Crippen LogP contribution in [0.2, 0.25) is 0 Å². The normalized spacial score (nSPS) is 22.8. The van der Waals surface area contributed by atoms with Crippen molar-refractivity contribution in [2.24, 2.45) is 5.92 Å². The molecular formula is C17H24N2O5S. The summed E-state index contributed by atoms with van der Waals surface area (Å²) in [6, 6.07) is 6.06. The number of ether oxygens (including phenoxy) is 1. The number of sulfonamides is 1. The van der Waals surface area contributed by atoms with Gasteiger partial charge in [0.15, 0.2) is 0 Å². The minimum atomic E-state index is -3.56. The fourth-order valence-electron chi connectivity index (χ4n) is 3.18. The number of nitrogens with one attached hydrogen (secondary N) is 1. The Labute approximate surface area is 148 Å². The van der Waals surface area contributed by atoms with Crippen molar-refractivity contribution in [1.82, 2.24) is 9.62 Å². The molecule has 7 nitrogen and oxygen atoms in total. The molecule has 0 aliphatic carbocycles. The van der Waals surface area contributed by atoms with E-state index in [1.54, 1.807) is 12.1 Å². The number of aliphatic hydroxyl groups is 1. The van der Waals surface area contributed by atoms with E-state index in [0.29, 0.717) is 44.7 Å². The van der Waals surface area contributed by atoms with Crippen LogP contribution in [0.5, 0.6) is 0 Å².